The van der Waals surface area contributed by atoms with Gasteiger partial charge in [-0.3, -0.25) is 4.79 Å². The number of hydrogen-bond acceptors (Lipinski definition) is 1. The average molecular weight is 419 g/mol. The maximum atomic E-state index is 12.4. The summed E-state index contributed by atoms with van der Waals surface area (Å²) in [5, 5.41) is 0. The van der Waals surface area contributed by atoms with Gasteiger partial charge in [-0.25, -0.2) is 0 Å². The van der Waals surface area contributed by atoms with E-state index >= 15 is 0 Å². The molecule has 0 rings (SSSR count). The number of carbonyl (C=O) groups is 1. The summed E-state index contributed by atoms with van der Waals surface area (Å²) < 4.78 is 0. The van der Waals surface area contributed by atoms with Gasteiger partial charge < -0.3 is 0 Å². The molecule has 0 spiro atoms. The van der Waals surface area contributed by atoms with Crippen LogP contribution in [0.5, 0.6) is 0 Å². The van der Waals surface area contributed by atoms with Crippen LogP contribution in [0.1, 0.15) is 155 Å². The fourth-order valence-electron chi connectivity index (χ4n) is 4.13. The van der Waals surface area contributed by atoms with Gasteiger partial charge in [0.2, 0.25) is 0 Å². The first-order chi connectivity index (χ1) is 14.6. The van der Waals surface area contributed by atoms with E-state index < -0.39 is 0 Å². The van der Waals surface area contributed by atoms with E-state index in [-0.39, 0.29) is 5.78 Å². The number of allylic oxidation sites excluding steroid dienone is 2. The molecule has 0 aliphatic rings. The third-order valence-corrected chi connectivity index (χ3v) is 6.31. The molecule has 30 heavy (non-hydrogen) atoms. The van der Waals surface area contributed by atoms with Crippen molar-refractivity contribution < 1.29 is 4.79 Å². The lowest BCUT2D eigenvalue weighted by atomic mass is 9.96. The first kappa shape index (κ1) is 29.1. The summed E-state index contributed by atoms with van der Waals surface area (Å²) in [4.78, 5) is 12.4. The van der Waals surface area contributed by atoms with Gasteiger partial charge in [0.15, 0.2) is 5.78 Å². The summed E-state index contributed by atoms with van der Waals surface area (Å²) in [6, 6.07) is 0. The second kappa shape index (κ2) is 22.8. The Balaban J connectivity index is 3.51. The smallest absolute Gasteiger partial charge is 0.183 e. The highest BCUT2D eigenvalue weighted by atomic mass is 16.1. The van der Waals surface area contributed by atoms with Crippen LogP contribution < -0.4 is 0 Å². The fourth-order valence-corrected chi connectivity index (χ4v) is 4.13. The Kier molecular flexibility index (Phi) is 22.2. The largest absolute Gasteiger partial charge is 0.289 e. The molecule has 0 aliphatic carbocycles. The highest BCUT2D eigenvalue weighted by molar-refractivity contribution is 6.07. The monoisotopic (exact) mass is 418 g/mol. The molecule has 0 N–H and O–H groups in total. The molecule has 0 unspecified atom stereocenters. The molecular formula is C29H54O. The van der Waals surface area contributed by atoms with Crippen molar-refractivity contribution in [3.63, 3.8) is 0 Å². The number of carbonyl (C=O) groups excluding carboxylic acids is 1. The Bertz CT molecular complexity index is 382. The number of Topliss-reactive ketones (excluding diaryl/α,β-unsaturated/α-hetero) is 1. The normalized spacial score (nSPS) is 11.0. The SMILES string of the molecule is C=C(CCCCCCCCCCCC)C(=O)C(=C)CCCCCCCCCCCC. The Labute approximate surface area is 190 Å². The first-order valence-corrected chi connectivity index (χ1v) is 13.5. The molecule has 0 atom stereocenters. The zero-order valence-corrected chi connectivity index (χ0v) is 20.9. The lowest BCUT2D eigenvalue weighted by molar-refractivity contribution is -0.112. The van der Waals surface area contributed by atoms with Crippen molar-refractivity contribution in [1.29, 1.82) is 0 Å². The summed E-state index contributed by atoms with van der Waals surface area (Å²) in [7, 11) is 0. The van der Waals surface area contributed by atoms with Crippen molar-refractivity contribution in [2.24, 2.45) is 0 Å². The van der Waals surface area contributed by atoms with Gasteiger partial charge in [-0.05, 0) is 36.8 Å². The Morgan fingerprint density at radius 2 is 0.667 bits per heavy atom. The molecule has 0 aromatic rings. The topological polar surface area (TPSA) is 17.1 Å². The minimum Gasteiger partial charge on any atom is -0.289 e. The van der Waals surface area contributed by atoms with Crippen molar-refractivity contribution in [1.82, 2.24) is 0 Å². The van der Waals surface area contributed by atoms with Crippen LogP contribution in [0, 0.1) is 0 Å². The summed E-state index contributed by atoms with van der Waals surface area (Å²) in [6.45, 7) is 12.6. The zero-order valence-electron chi connectivity index (χ0n) is 20.9. The quantitative estimate of drug-likeness (QED) is 0.112. The molecule has 176 valence electrons. The third kappa shape index (κ3) is 19.1. The van der Waals surface area contributed by atoms with Crippen LogP contribution in [0.4, 0.5) is 0 Å². The maximum absolute atomic E-state index is 12.4. The fraction of sp³-hybridized carbons (Fsp3) is 0.828. The maximum Gasteiger partial charge on any atom is 0.183 e. The highest BCUT2D eigenvalue weighted by Gasteiger charge is 2.10. The zero-order chi connectivity index (χ0) is 22.3. The van der Waals surface area contributed by atoms with Crippen molar-refractivity contribution in [2.75, 3.05) is 0 Å². The number of hydrogen-bond donors (Lipinski definition) is 0. The lowest BCUT2D eigenvalue weighted by Gasteiger charge is -2.08. The lowest BCUT2D eigenvalue weighted by Crippen LogP contribution is -2.05. The predicted octanol–water partition coefficient (Wildman–Crippen LogP) is 10.3. The highest BCUT2D eigenvalue weighted by Crippen LogP contribution is 2.18. The Morgan fingerprint density at radius 1 is 0.433 bits per heavy atom. The van der Waals surface area contributed by atoms with E-state index in [0.717, 1.165) is 36.8 Å². The minimum atomic E-state index is 0.141. The van der Waals surface area contributed by atoms with Crippen LogP contribution in [0.3, 0.4) is 0 Å². The first-order valence-electron chi connectivity index (χ1n) is 13.5. The average Bonchev–Trinajstić information content (AvgIpc) is 2.75. The second-order valence-electron chi connectivity index (χ2n) is 9.40. The summed E-state index contributed by atoms with van der Waals surface area (Å²) >= 11 is 0. The summed E-state index contributed by atoms with van der Waals surface area (Å²) in [5.41, 5.74) is 1.57. The van der Waals surface area contributed by atoms with E-state index in [1.165, 1.54) is 116 Å². The van der Waals surface area contributed by atoms with Crippen LogP contribution in [0.25, 0.3) is 0 Å². The van der Waals surface area contributed by atoms with Gasteiger partial charge in [-0.1, -0.05) is 143 Å². The van der Waals surface area contributed by atoms with E-state index in [9.17, 15) is 4.79 Å². The molecule has 0 fully saturated rings. The van der Waals surface area contributed by atoms with Crippen LogP contribution in [-0.4, -0.2) is 5.78 Å². The van der Waals surface area contributed by atoms with Gasteiger partial charge in [0.25, 0.3) is 0 Å². The molecular weight excluding hydrogens is 364 g/mol. The van der Waals surface area contributed by atoms with E-state index in [4.69, 9.17) is 0 Å². The third-order valence-electron chi connectivity index (χ3n) is 6.31. The van der Waals surface area contributed by atoms with Crippen molar-refractivity contribution >= 4 is 5.78 Å². The van der Waals surface area contributed by atoms with Gasteiger partial charge in [0.05, 0.1) is 0 Å². The molecule has 1 nitrogen and oxygen atoms in total. The molecule has 0 radical (unpaired) electrons. The van der Waals surface area contributed by atoms with Gasteiger partial charge in [-0.15, -0.1) is 0 Å². The van der Waals surface area contributed by atoms with E-state index in [2.05, 4.69) is 27.0 Å². The van der Waals surface area contributed by atoms with Crippen LogP contribution in [0.15, 0.2) is 24.3 Å². The summed E-state index contributed by atoms with van der Waals surface area (Å²) in [5.74, 6) is 0.141. The molecule has 0 saturated carbocycles. The molecule has 0 aromatic carbocycles. The number of ketones is 1. The van der Waals surface area contributed by atoms with Crippen molar-refractivity contribution in [2.45, 2.75) is 155 Å². The molecule has 0 aromatic heterocycles. The summed E-state index contributed by atoms with van der Waals surface area (Å²) in [6.07, 6.45) is 28.2. The van der Waals surface area contributed by atoms with E-state index in [1.54, 1.807) is 0 Å². The molecule has 1 heteroatoms. The van der Waals surface area contributed by atoms with Gasteiger partial charge in [-0.2, -0.15) is 0 Å². The van der Waals surface area contributed by atoms with Gasteiger partial charge in [0.1, 0.15) is 0 Å². The Hall–Kier alpha value is -0.850. The predicted molar refractivity (Wildman–Crippen MR) is 136 cm³/mol. The molecule has 0 bridgehead atoms. The van der Waals surface area contributed by atoms with Crippen molar-refractivity contribution in [3.05, 3.63) is 24.3 Å². The van der Waals surface area contributed by atoms with Gasteiger partial charge >= 0.3 is 0 Å². The number of unbranched alkanes of at least 4 members (excludes halogenated alkanes) is 18. The molecule has 0 aliphatic heterocycles. The van der Waals surface area contributed by atoms with Gasteiger partial charge in [0, 0.05) is 0 Å². The van der Waals surface area contributed by atoms with E-state index in [0.29, 0.717) is 0 Å². The molecule has 0 heterocycles. The molecule has 0 amide bonds. The molecule has 0 saturated heterocycles. The van der Waals surface area contributed by atoms with Crippen molar-refractivity contribution in [3.8, 4) is 0 Å². The Morgan fingerprint density at radius 3 is 0.933 bits per heavy atom. The van der Waals surface area contributed by atoms with E-state index in [1.807, 2.05) is 0 Å². The van der Waals surface area contributed by atoms with Crippen LogP contribution in [0.2, 0.25) is 0 Å². The second-order valence-corrected chi connectivity index (χ2v) is 9.40. The number of rotatable bonds is 24. The minimum absolute atomic E-state index is 0.141. The van der Waals surface area contributed by atoms with Crippen LogP contribution >= 0.6 is 0 Å². The van der Waals surface area contributed by atoms with Crippen LogP contribution in [-0.2, 0) is 4.79 Å². The standard InChI is InChI=1S/C29H54O/c1-5-7-9-11-13-15-17-19-21-23-25-27(3)29(30)28(4)26-24-22-20-18-16-14-12-10-8-6-2/h3-26H2,1-2H3.